The molecule has 0 unspecified atom stereocenters. The molecule has 1 heterocycles. The van der Waals surface area contributed by atoms with E-state index in [4.69, 9.17) is 11.6 Å². The first-order chi connectivity index (χ1) is 29.9. The third-order valence-electron chi connectivity index (χ3n) is 9.46. The Morgan fingerprint density at radius 2 is 0.641 bits per heavy atom. The van der Waals surface area contributed by atoms with Crippen molar-refractivity contribution in [1.29, 1.82) is 0 Å². The Morgan fingerprint density at radius 3 is 0.922 bits per heavy atom. The zero-order valence-corrected chi connectivity index (χ0v) is 31.1. The Morgan fingerprint density at radius 1 is 0.375 bits per heavy atom. The smallest absolute Gasteiger partial charge is 0.250 e. The van der Waals surface area contributed by atoms with E-state index in [1.54, 1.807) is 41.1 Å². The highest BCUT2D eigenvalue weighted by molar-refractivity contribution is 7.20. The molecular weight excluding hydrogens is 941 g/mol. The van der Waals surface area contributed by atoms with Crippen LogP contribution in [0.1, 0.15) is 20.8 Å². The van der Waals surface area contributed by atoms with Crippen LogP contribution in [0.15, 0.2) is 54.7 Å². The molecule has 5 aromatic carbocycles. The molecule has 3 nitrogen and oxygen atoms in total. The third kappa shape index (κ3) is 7.70. The van der Waals surface area contributed by atoms with Crippen molar-refractivity contribution < 1.29 is 102 Å². The Bertz CT molecular complexity index is 2520. The molecule has 0 amide bonds. The predicted octanol–water partition coefficient (Wildman–Crippen LogP) is 8.12. The van der Waals surface area contributed by atoms with Crippen molar-refractivity contribution in [3.8, 4) is 0 Å². The van der Waals surface area contributed by atoms with E-state index in [0.717, 1.165) is 0 Å². The number of nitrogens with zero attached hydrogens (tertiary/aromatic N) is 1. The fraction of sp³-hybridized carbons (Fsp3) is 0.0513. The third-order valence-corrected chi connectivity index (χ3v) is 9.71. The second kappa shape index (κ2) is 18.3. The minimum atomic E-state index is -7.22. The van der Waals surface area contributed by atoms with Crippen LogP contribution in [0.25, 0.3) is 0 Å². The summed E-state index contributed by atoms with van der Waals surface area (Å²) in [5, 5.41) is 0. The van der Waals surface area contributed by atoms with Crippen LogP contribution in [0.3, 0.4) is 0 Å². The van der Waals surface area contributed by atoms with Gasteiger partial charge in [-0.25, -0.2) is 87.8 Å². The zero-order chi connectivity index (χ0) is 48.0. The van der Waals surface area contributed by atoms with Crippen LogP contribution in [0.2, 0.25) is 0 Å². The maximum atomic E-state index is 15.4. The van der Waals surface area contributed by atoms with Crippen LogP contribution in [0.4, 0.5) is 87.8 Å². The van der Waals surface area contributed by atoms with Crippen LogP contribution < -0.4 is 26.4 Å². The van der Waals surface area contributed by atoms with Gasteiger partial charge in [-0.05, 0) is 6.07 Å². The molecule has 0 saturated heterocycles. The van der Waals surface area contributed by atoms with Gasteiger partial charge in [0.1, 0.15) is 52.7 Å². The number of hydrogen-bond acceptors (Lipinski definition) is 2. The predicted molar refractivity (Wildman–Crippen MR) is 182 cm³/mol. The summed E-state index contributed by atoms with van der Waals surface area (Å²) in [7, 11) is 0. The van der Waals surface area contributed by atoms with Gasteiger partial charge in [-0.2, -0.15) is 4.57 Å². The first kappa shape index (κ1) is 48.6. The van der Waals surface area contributed by atoms with Gasteiger partial charge in [0.2, 0.25) is 23.8 Å². The number of pyridine rings is 1. The van der Waals surface area contributed by atoms with Crippen LogP contribution in [0, 0.1) is 116 Å². The van der Waals surface area contributed by atoms with Crippen molar-refractivity contribution in [1.82, 2.24) is 0 Å². The monoisotopic (exact) mass is 953 g/mol. The van der Waals surface area contributed by atoms with Gasteiger partial charge in [-0.1, -0.05) is 30.3 Å². The summed E-state index contributed by atoms with van der Waals surface area (Å²) in [6, 6.07) is 14.2. The molecule has 0 bridgehead atoms. The van der Waals surface area contributed by atoms with E-state index in [1.807, 2.05) is 18.2 Å². The molecule has 1 aromatic heterocycles. The number of alkyl halides is 1. The average Bonchev–Trinajstić information content (AvgIpc) is 3.29. The van der Waals surface area contributed by atoms with E-state index in [-0.39, 0.29) is 24.0 Å². The van der Waals surface area contributed by atoms with Crippen molar-refractivity contribution in [2.45, 2.75) is 6.54 Å². The molecule has 6 rings (SSSR count). The van der Waals surface area contributed by atoms with Gasteiger partial charge in [0, 0.05) is 17.7 Å². The summed E-state index contributed by atoms with van der Waals surface area (Å²) in [6.45, 7) is 0.128. The standard InChI is InChI=1S/C24BF20.C15H13ClNO2/c26-5-1(6(27)14(35)21(42)13(5)34)25(2-7(28)15(36)22(43)16(37)8(2)29,3-9(30)17(38)23(44)18(39)10(3)31)4-11(32)19(40)24(45)20(41)12(4)33;16-10-14(18)13-8-4-5-9-17(13)11-15(19)12-6-2-1-3-7-12/h;1-9H,10-11H2/q-1;+1. The minimum Gasteiger partial charge on any atom is -0.287 e. The lowest BCUT2D eigenvalue weighted by Gasteiger charge is -2.44. The molecule has 64 heavy (non-hydrogen) atoms. The fourth-order valence-electron chi connectivity index (χ4n) is 6.68. The van der Waals surface area contributed by atoms with E-state index in [9.17, 15) is 62.3 Å². The summed E-state index contributed by atoms with van der Waals surface area (Å²) in [4.78, 5) is 23.8. The number of ketones is 2. The van der Waals surface area contributed by atoms with E-state index in [2.05, 4.69) is 0 Å². The van der Waals surface area contributed by atoms with Crippen LogP contribution in [0.5, 0.6) is 0 Å². The molecule has 0 aliphatic heterocycles. The normalized spacial score (nSPS) is 11.5. The van der Waals surface area contributed by atoms with Gasteiger partial charge < -0.3 is 0 Å². The highest BCUT2D eigenvalue weighted by atomic mass is 35.5. The maximum Gasteiger partial charge on any atom is 0.250 e. The van der Waals surface area contributed by atoms with Crippen molar-refractivity contribution in [3.63, 3.8) is 0 Å². The number of hydrogen-bond donors (Lipinski definition) is 0. The lowest BCUT2D eigenvalue weighted by Crippen LogP contribution is -2.81. The van der Waals surface area contributed by atoms with Gasteiger partial charge in [0.25, 0.3) is 0 Å². The van der Waals surface area contributed by atoms with Gasteiger partial charge in [-0.15, -0.1) is 33.5 Å². The quantitative estimate of drug-likeness (QED) is 0.0280. The molecule has 0 spiro atoms. The number of halogens is 21. The molecule has 0 fully saturated rings. The van der Waals surface area contributed by atoms with Crippen LogP contribution in [-0.2, 0) is 6.54 Å². The molecule has 0 aliphatic carbocycles. The highest BCUT2D eigenvalue weighted by Crippen LogP contribution is 2.30. The summed E-state index contributed by atoms with van der Waals surface area (Å²) < 4.78 is 296. The molecule has 25 heteroatoms. The van der Waals surface area contributed by atoms with E-state index in [0.29, 0.717) is 11.3 Å². The number of rotatable bonds is 9. The van der Waals surface area contributed by atoms with Gasteiger partial charge in [0.05, 0.1) is 5.88 Å². The number of Topliss-reactive ketones (excluding diaryl/α,β-unsaturated/α-hetero) is 2. The average molecular weight is 954 g/mol. The molecule has 6 aromatic rings. The molecular formula is C39H13BClF20NO2. The van der Waals surface area contributed by atoms with Gasteiger partial charge >= 0.3 is 0 Å². The Balaban J connectivity index is 0.000000337. The molecule has 0 aliphatic rings. The topological polar surface area (TPSA) is 38.0 Å². The molecule has 336 valence electrons. The lowest BCUT2D eigenvalue weighted by molar-refractivity contribution is -0.685. The Labute approximate surface area is 347 Å². The molecule has 0 N–H and O–H groups in total. The second-order valence-corrected chi connectivity index (χ2v) is 13.1. The SMILES string of the molecule is Fc1c(F)c(F)c([B-](c2c(F)c(F)c(F)c(F)c2F)(c2c(F)c(F)c(F)c(F)c2F)c2c(F)c(F)c(F)c(F)c2F)c(F)c1F.O=C(C[n+]1ccccc1C(=O)CCl)c1ccccc1. The molecule has 0 atom stereocenters. The largest absolute Gasteiger partial charge is 0.287 e. The van der Waals surface area contributed by atoms with E-state index in [1.165, 1.54) is 0 Å². The van der Waals surface area contributed by atoms with Crippen molar-refractivity contribution in [2.24, 2.45) is 0 Å². The second-order valence-electron chi connectivity index (χ2n) is 12.9. The van der Waals surface area contributed by atoms with Crippen molar-refractivity contribution in [3.05, 3.63) is 182 Å². The number of carbonyl (C=O) groups is 2. The molecule has 0 saturated carbocycles. The first-order valence-electron chi connectivity index (χ1n) is 16.8. The van der Waals surface area contributed by atoms with Gasteiger partial charge in [-0.3, -0.25) is 9.59 Å². The van der Waals surface area contributed by atoms with Crippen LogP contribution in [-0.4, -0.2) is 23.6 Å². The van der Waals surface area contributed by atoms with Crippen LogP contribution >= 0.6 is 11.6 Å². The highest BCUT2D eigenvalue weighted by Gasteiger charge is 2.52. The van der Waals surface area contributed by atoms with E-state index >= 15 is 35.1 Å². The fourth-order valence-corrected chi connectivity index (χ4v) is 6.82. The Kier molecular flexibility index (Phi) is 13.9. The van der Waals surface area contributed by atoms with Crippen molar-refractivity contribution >= 4 is 51.2 Å². The number of carbonyl (C=O) groups excluding carboxylic acids is 2. The summed E-state index contributed by atoms with van der Waals surface area (Å²) >= 11 is 5.56. The number of aromatic nitrogens is 1. The summed E-state index contributed by atoms with van der Waals surface area (Å²) in [5.41, 5.74) is -13.3. The molecule has 0 radical (unpaired) electrons. The zero-order valence-electron chi connectivity index (χ0n) is 30.4. The van der Waals surface area contributed by atoms with Gasteiger partial charge in [0.15, 0.2) is 76.0 Å². The number of benzene rings is 5. The maximum absolute atomic E-state index is 15.4. The summed E-state index contributed by atoms with van der Waals surface area (Å²) in [5.74, 6) is -71.7. The van der Waals surface area contributed by atoms with E-state index < -0.39 is 144 Å². The minimum absolute atomic E-state index is 0.0413. The Hall–Kier alpha value is -6.46. The first-order valence-corrected chi connectivity index (χ1v) is 17.3. The summed E-state index contributed by atoms with van der Waals surface area (Å²) in [6.07, 6.45) is -5.51. The van der Waals surface area contributed by atoms with Crippen molar-refractivity contribution in [2.75, 3.05) is 5.88 Å². The lowest BCUT2D eigenvalue weighted by atomic mass is 9.12.